The van der Waals surface area contributed by atoms with Crippen LogP contribution >= 0.6 is 0 Å². The van der Waals surface area contributed by atoms with Crippen LogP contribution in [-0.4, -0.2) is 15.5 Å². The first-order chi connectivity index (χ1) is 6.96. The maximum Gasteiger partial charge on any atom is 0.316 e. The minimum atomic E-state index is -4.75. The summed E-state index contributed by atoms with van der Waals surface area (Å²) in [6, 6.07) is 7.96. The Bertz CT molecular complexity index is 439. The minimum absolute atomic E-state index is 0.135. The fourth-order valence-electron chi connectivity index (χ4n) is 1.24. The lowest BCUT2D eigenvalue weighted by Crippen LogP contribution is -2.11. The van der Waals surface area contributed by atoms with Crippen molar-refractivity contribution in [1.29, 1.82) is 0 Å². The van der Waals surface area contributed by atoms with Crippen molar-refractivity contribution < 1.29 is 17.0 Å². The minimum Gasteiger partial charge on any atom is -0.500 e. The highest BCUT2D eigenvalue weighted by atomic mass is 32.3. The van der Waals surface area contributed by atoms with E-state index < -0.39 is 15.5 Å². The van der Waals surface area contributed by atoms with Crippen molar-refractivity contribution >= 4 is 10.2 Å². The van der Waals surface area contributed by atoms with Gasteiger partial charge in [0.05, 0.1) is 7.11 Å². The van der Waals surface area contributed by atoms with E-state index >= 15 is 0 Å². The van der Waals surface area contributed by atoms with E-state index in [-0.39, 0.29) is 5.76 Å². The largest absolute Gasteiger partial charge is 0.500 e. The Morgan fingerprint density at radius 1 is 1.40 bits per heavy atom. The van der Waals surface area contributed by atoms with Crippen LogP contribution in [0, 0.1) is 0 Å². The SMILES string of the molecule is C=C(OC)C(c1ccccc1)S(=O)(=O)F. The number of benzene rings is 1. The third-order valence-corrected chi connectivity index (χ3v) is 3.04. The molecule has 15 heavy (non-hydrogen) atoms. The van der Waals surface area contributed by atoms with Crippen molar-refractivity contribution in [3.05, 3.63) is 48.2 Å². The van der Waals surface area contributed by atoms with E-state index in [0.717, 1.165) is 0 Å². The Labute approximate surface area is 88.4 Å². The summed E-state index contributed by atoms with van der Waals surface area (Å²) in [6.45, 7) is 3.37. The first kappa shape index (κ1) is 11.7. The molecule has 82 valence electrons. The van der Waals surface area contributed by atoms with Crippen LogP contribution in [0.1, 0.15) is 10.8 Å². The maximum absolute atomic E-state index is 13.0. The predicted molar refractivity (Wildman–Crippen MR) is 55.4 cm³/mol. The van der Waals surface area contributed by atoms with E-state index in [1.807, 2.05) is 0 Å². The number of ether oxygens (including phenoxy) is 1. The molecule has 0 aliphatic carbocycles. The quantitative estimate of drug-likeness (QED) is 0.588. The van der Waals surface area contributed by atoms with Crippen LogP contribution in [0.4, 0.5) is 3.89 Å². The average Bonchev–Trinajstić information content (AvgIpc) is 2.17. The Balaban J connectivity index is 3.20. The molecule has 0 aliphatic heterocycles. The third kappa shape index (κ3) is 2.79. The lowest BCUT2D eigenvalue weighted by atomic mass is 10.1. The summed E-state index contributed by atoms with van der Waals surface area (Å²) >= 11 is 0. The summed E-state index contributed by atoms with van der Waals surface area (Å²) < 4.78 is 39.5. The van der Waals surface area contributed by atoms with Gasteiger partial charge < -0.3 is 4.74 Å². The van der Waals surface area contributed by atoms with Crippen molar-refractivity contribution in [2.75, 3.05) is 7.11 Å². The summed E-state index contributed by atoms with van der Waals surface area (Å²) in [5, 5.41) is -1.45. The lowest BCUT2D eigenvalue weighted by molar-refractivity contribution is 0.279. The highest BCUT2D eigenvalue weighted by Crippen LogP contribution is 2.30. The number of methoxy groups -OCH3 is 1. The number of halogens is 1. The predicted octanol–water partition coefficient (Wildman–Crippen LogP) is 2.19. The molecular formula is C10H11FO3S. The molecule has 1 atom stereocenters. The van der Waals surface area contributed by atoms with Crippen LogP contribution in [-0.2, 0) is 15.0 Å². The van der Waals surface area contributed by atoms with Crippen molar-refractivity contribution in [2.45, 2.75) is 5.25 Å². The molecule has 0 saturated heterocycles. The van der Waals surface area contributed by atoms with E-state index in [1.54, 1.807) is 18.2 Å². The normalized spacial score (nSPS) is 13.2. The first-order valence-electron chi connectivity index (χ1n) is 4.18. The standard InChI is InChI=1S/C10H11FO3S/c1-8(14-2)10(15(11,12)13)9-6-4-3-5-7-9/h3-7,10H,1H2,2H3. The smallest absolute Gasteiger partial charge is 0.316 e. The summed E-state index contributed by atoms with van der Waals surface area (Å²) in [5.41, 5.74) is 0.298. The molecule has 0 aliphatic rings. The Morgan fingerprint density at radius 3 is 2.33 bits per heavy atom. The fourth-order valence-corrected chi connectivity index (χ4v) is 2.13. The highest BCUT2D eigenvalue weighted by molar-refractivity contribution is 7.86. The van der Waals surface area contributed by atoms with E-state index in [4.69, 9.17) is 0 Å². The van der Waals surface area contributed by atoms with Crippen LogP contribution < -0.4 is 0 Å². The first-order valence-corrected chi connectivity index (χ1v) is 5.62. The second kappa shape index (κ2) is 4.44. The van der Waals surface area contributed by atoms with Gasteiger partial charge in [-0.3, -0.25) is 0 Å². The molecule has 0 N–H and O–H groups in total. The lowest BCUT2D eigenvalue weighted by Gasteiger charge is -2.14. The fraction of sp³-hybridized carbons (Fsp3) is 0.200. The molecule has 1 unspecified atom stereocenters. The highest BCUT2D eigenvalue weighted by Gasteiger charge is 2.30. The molecule has 0 bridgehead atoms. The molecule has 1 aromatic rings. The molecule has 0 saturated carbocycles. The summed E-state index contributed by atoms with van der Waals surface area (Å²) in [4.78, 5) is 0. The zero-order valence-electron chi connectivity index (χ0n) is 8.18. The van der Waals surface area contributed by atoms with Crippen molar-refractivity contribution in [3.63, 3.8) is 0 Å². The van der Waals surface area contributed by atoms with Gasteiger partial charge in [0, 0.05) is 0 Å². The Morgan fingerprint density at radius 2 is 1.93 bits per heavy atom. The van der Waals surface area contributed by atoms with Crippen LogP contribution in [0.3, 0.4) is 0 Å². The second-order valence-electron chi connectivity index (χ2n) is 2.94. The van der Waals surface area contributed by atoms with Crippen LogP contribution in [0.25, 0.3) is 0 Å². The Hall–Kier alpha value is -1.36. The molecule has 0 amide bonds. The van der Waals surface area contributed by atoms with Gasteiger partial charge in [-0.25, -0.2) is 0 Å². The molecule has 1 rings (SSSR count). The van der Waals surface area contributed by atoms with Gasteiger partial charge in [0.1, 0.15) is 5.76 Å². The van der Waals surface area contributed by atoms with Gasteiger partial charge >= 0.3 is 10.2 Å². The van der Waals surface area contributed by atoms with Crippen molar-refractivity contribution in [2.24, 2.45) is 0 Å². The zero-order valence-corrected chi connectivity index (χ0v) is 9.00. The molecule has 5 heteroatoms. The number of hydrogen-bond donors (Lipinski definition) is 0. The topological polar surface area (TPSA) is 43.4 Å². The van der Waals surface area contributed by atoms with Crippen molar-refractivity contribution in [3.8, 4) is 0 Å². The van der Waals surface area contributed by atoms with E-state index in [2.05, 4.69) is 11.3 Å². The number of hydrogen-bond acceptors (Lipinski definition) is 3. The molecule has 0 aromatic heterocycles. The zero-order chi connectivity index (χ0) is 11.5. The van der Waals surface area contributed by atoms with Crippen LogP contribution in [0.15, 0.2) is 42.7 Å². The summed E-state index contributed by atoms with van der Waals surface area (Å²) in [7, 11) is -3.50. The summed E-state index contributed by atoms with van der Waals surface area (Å²) in [5.74, 6) is -0.135. The number of rotatable bonds is 4. The van der Waals surface area contributed by atoms with E-state index in [1.165, 1.54) is 19.2 Å². The summed E-state index contributed by atoms with van der Waals surface area (Å²) in [6.07, 6.45) is 0. The van der Waals surface area contributed by atoms with Gasteiger partial charge in [-0.2, -0.15) is 8.42 Å². The molecular weight excluding hydrogens is 219 g/mol. The van der Waals surface area contributed by atoms with Gasteiger partial charge in [0.25, 0.3) is 0 Å². The second-order valence-corrected chi connectivity index (χ2v) is 4.36. The van der Waals surface area contributed by atoms with Gasteiger partial charge in [-0.1, -0.05) is 36.9 Å². The maximum atomic E-state index is 13.0. The monoisotopic (exact) mass is 230 g/mol. The molecule has 0 fully saturated rings. The van der Waals surface area contributed by atoms with Gasteiger partial charge in [0.15, 0.2) is 5.25 Å². The molecule has 0 heterocycles. The molecule has 0 radical (unpaired) electrons. The van der Waals surface area contributed by atoms with E-state index in [0.29, 0.717) is 5.56 Å². The third-order valence-electron chi connectivity index (χ3n) is 1.94. The van der Waals surface area contributed by atoms with Crippen LogP contribution in [0.5, 0.6) is 0 Å². The van der Waals surface area contributed by atoms with Gasteiger partial charge in [0.2, 0.25) is 0 Å². The van der Waals surface area contributed by atoms with E-state index in [9.17, 15) is 12.3 Å². The molecule has 0 spiro atoms. The average molecular weight is 230 g/mol. The molecule has 1 aromatic carbocycles. The van der Waals surface area contributed by atoms with Gasteiger partial charge in [-0.15, -0.1) is 3.89 Å². The molecule has 3 nitrogen and oxygen atoms in total. The van der Waals surface area contributed by atoms with Crippen molar-refractivity contribution in [1.82, 2.24) is 0 Å². The Kier molecular flexibility index (Phi) is 3.47. The van der Waals surface area contributed by atoms with Gasteiger partial charge in [-0.05, 0) is 5.56 Å². The van der Waals surface area contributed by atoms with Crippen LogP contribution in [0.2, 0.25) is 0 Å².